The van der Waals surface area contributed by atoms with Crippen molar-refractivity contribution in [2.24, 2.45) is 5.14 Å². The van der Waals surface area contributed by atoms with E-state index < -0.39 is 37.9 Å². The number of nitrogens with two attached hydrogens (primary N) is 1. The van der Waals surface area contributed by atoms with Crippen LogP contribution >= 0.6 is 0 Å². The molecule has 1 atom stereocenters. The van der Waals surface area contributed by atoms with Crippen LogP contribution < -0.4 is 10.0 Å². The summed E-state index contributed by atoms with van der Waals surface area (Å²) >= 11 is 0. The molecule has 1 heterocycles. The number of rotatable bonds is 9. The minimum Gasteiger partial charge on any atom is -0.274 e. The first-order valence-corrected chi connectivity index (χ1v) is 15.0. The Bertz CT molecular complexity index is 1540. The number of amides is 2. The molecule has 0 radical (unpaired) electrons. The standard InChI is InChI=1S/C27H29N3O6S2/c1-19(2)21-10-12-22(13-11-21)30-26(31)18-25(27(30)32)29(38(35,36)24-6-4-3-5-7-24)17-16-20-8-14-23(15-9-20)37(28,33)34/h3-15,19,25H,16-18H2,1-2H3,(H2,28,33,34). The van der Waals surface area contributed by atoms with Crippen molar-refractivity contribution in [3.63, 3.8) is 0 Å². The second kappa shape index (κ2) is 10.8. The Labute approximate surface area is 223 Å². The number of hydrogen-bond acceptors (Lipinski definition) is 6. The predicted octanol–water partition coefficient (Wildman–Crippen LogP) is 3.02. The molecule has 3 aromatic carbocycles. The summed E-state index contributed by atoms with van der Waals surface area (Å²) in [5.74, 6) is -0.827. The molecule has 2 amide bonds. The third kappa shape index (κ3) is 5.70. The number of hydrogen-bond donors (Lipinski definition) is 1. The molecule has 4 rings (SSSR count). The fourth-order valence-corrected chi connectivity index (χ4v) is 6.50. The van der Waals surface area contributed by atoms with E-state index in [4.69, 9.17) is 5.14 Å². The van der Waals surface area contributed by atoms with Gasteiger partial charge in [-0.3, -0.25) is 9.59 Å². The zero-order valence-corrected chi connectivity index (χ0v) is 22.7. The average Bonchev–Trinajstić information content (AvgIpc) is 3.17. The molecular weight excluding hydrogens is 526 g/mol. The van der Waals surface area contributed by atoms with Gasteiger partial charge in [0.15, 0.2) is 0 Å². The predicted molar refractivity (Wildman–Crippen MR) is 143 cm³/mol. The van der Waals surface area contributed by atoms with Crippen LogP contribution in [0, 0.1) is 0 Å². The van der Waals surface area contributed by atoms with Crippen LogP contribution in [0.25, 0.3) is 0 Å². The molecule has 9 nitrogen and oxygen atoms in total. The monoisotopic (exact) mass is 555 g/mol. The molecule has 1 unspecified atom stereocenters. The van der Waals surface area contributed by atoms with Crippen LogP contribution in [0.1, 0.15) is 37.3 Å². The maximum absolute atomic E-state index is 13.7. The lowest BCUT2D eigenvalue weighted by Crippen LogP contribution is -2.46. The first kappa shape index (κ1) is 27.6. The number of anilines is 1. The molecule has 2 N–H and O–H groups in total. The summed E-state index contributed by atoms with van der Waals surface area (Å²) in [5.41, 5.74) is 2.08. The lowest BCUT2D eigenvalue weighted by Gasteiger charge is -2.27. The van der Waals surface area contributed by atoms with Crippen LogP contribution in [0.4, 0.5) is 5.69 Å². The largest absolute Gasteiger partial charge is 0.274 e. The molecule has 3 aromatic rings. The highest BCUT2D eigenvalue weighted by Crippen LogP contribution is 2.30. The van der Waals surface area contributed by atoms with Gasteiger partial charge in [0, 0.05) is 6.54 Å². The topological polar surface area (TPSA) is 135 Å². The second-order valence-electron chi connectivity index (χ2n) is 9.40. The van der Waals surface area contributed by atoms with Gasteiger partial charge in [-0.05, 0) is 59.9 Å². The Morgan fingerprint density at radius 1 is 0.868 bits per heavy atom. The van der Waals surface area contributed by atoms with E-state index in [9.17, 15) is 26.4 Å². The third-order valence-corrected chi connectivity index (χ3v) is 9.36. The van der Waals surface area contributed by atoms with Gasteiger partial charge < -0.3 is 0 Å². The van der Waals surface area contributed by atoms with Crippen LogP contribution in [-0.2, 0) is 36.1 Å². The van der Waals surface area contributed by atoms with Crippen molar-refractivity contribution in [3.05, 3.63) is 90.0 Å². The molecule has 200 valence electrons. The van der Waals surface area contributed by atoms with Crippen molar-refractivity contribution in [1.82, 2.24) is 4.31 Å². The fraction of sp³-hybridized carbons (Fsp3) is 0.259. The van der Waals surface area contributed by atoms with E-state index in [1.54, 1.807) is 30.3 Å². The van der Waals surface area contributed by atoms with E-state index in [-0.39, 0.29) is 35.1 Å². The summed E-state index contributed by atoms with van der Waals surface area (Å²) < 4.78 is 51.6. The zero-order valence-electron chi connectivity index (χ0n) is 21.0. The van der Waals surface area contributed by atoms with Crippen LogP contribution in [0.15, 0.2) is 88.7 Å². The number of primary sulfonamides is 1. The van der Waals surface area contributed by atoms with Gasteiger partial charge in [-0.25, -0.2) is 26.9 Å². The van der Waals surface area contributed by atoms with E-state index in [2.05, 4.69) is 0 Å². The van der Waals surface area contributed by atoms with Crippen molar-refractivity contribution in [3.8, 4) is 0 Å². The maximum atomic E-state index is 13.7. The number of nitrogens with zero attached hydrogens (tertiary/aromatic N) is 2. The highest BCUT2D eigenvalue weighted by Gasteiger charge is 2.46. The first-order chi connectivity index (χ1) is 17.9. The van der Waals surface area contributed by atoms with E-state index in [1.165, 1.54) is 36.4 Å². The SMILES string of the molecule is CC(C)c1ccc(N2C(=O)CC(N(CCc3ccc(S(N)(=O)=O)cc3)S(=O)(=O)c3ccccc3)C2=O)cc1. The van der Waals surface area contributed by atoms with Gasteiger partial charge in [0.2, 0.25) is 26.0 Å². The average molecular weight is 556 g/mol. The van der Waals surface area contributed by atoms with E-state index in [0.29, 0.717) is 11.3 Å². The van der Waals surface area contributed by atoms with Gasteiger partial charge in [-0.1, -0.05) is 56.3 Å². The summed E-state index contributed by atoms with van der Waals surface area (Å²) in [6, 6.07) is 19.3. The van der Waals surface area contributed by atoms with Gasteiger partial charge in [-0.15, -0.1) is 0 Å². The lowest BCUT2D eigenvalue weighted by atomic mass is 10.0. The van der Waals surface area contributed by atoms with Gasteiger partial charge in [0.25, 0.3) is 5.91 Å². The summed E-state index contributed by atoms with van der Waals surface area (Å²) in [6.07, 6.45) is -0.112. The van der Waals surface area contributed by atoms with Crippen LogP contribution in [0.5, 0.6) is 0 Å². The fourth-order valence-electron chi connectivity index (χ4n) is 4.38. The molecule has 1 aliphatic rings. The van der Waals surface area contributed by atoms with Crippen LogP contribution in [0.3, 0.4) is 0 Å². The summed E-state index contributed by atoms with van der Waals surface area (Å²) in [6.45, 7) is 3.97. The maximum Gasteiger partial charge on any atom is 0.252 e. The third-order valence-electron chi connectivity index (χ3n) is 6.51. The molecule has 1 aliphatic heterocycles. The molecule has 0 aliphatic carbocycles. The Balaban J connectivity index is 1.65. The van der Waals surface area contributed by atoms with Crippen molar-refractivity contribution >= 4 is 37.5 Å². The quantitative estimate of drug-likeness (QED) is 0.403. The molecule has 0 saturated carbocycles. The molecule has 1 fully saturated rings. The smallest absolute Gasteiger partial charge is 0.252 e. The second-order valence-corrected chi connectivity index (χ2v) is 12.9. The van der Waals surface area contributed by atoms with Gasteiger partial charge in [0.1, 0.15) is 6.04 Å². The van der Waals surface area contributed by atoms with Gasteiger partial charge in [0.05, 0.1) is 21.9 Å². The minimum atomic E-state index is -4.15. The van der Waals surface area contributed by atoms with Crippen LogP contribution in [-0.4, -0.2) is 45.5 Å². The molecule has 0 spiro atoms. The summed E-state index contributed by atoms with van der Waals surface area (Å²) in [7, 11) is -8.02. The zero-order chi connectivity index (χ0) is 27.7. The lowest BCUT2D eigenvalue weighted by molar-refractivity contribution is -0.122. The minimum absolute atomic E-state index is 0.00422. The molecule has 11 heteroatoms. The van der Waals surface area contributed by atoms with Crippen molar-refractivity contribution in [2.45, 2.75) is 48.4 Å². The van der Waals surface area contributed by atoms with E-state index >= 15 is 0 Å². The van der Waals surface area contributed by atoms with Crippen molar-refractivity contribution < 1.29 is 26.4 Å². The number of imide groups is 1. The highest BCUT2D eigenvalue weighted by molar-refractivity contribution is 7.89. The molecule has 0 bridgehead atoms. The van der Waals surface area contributed by atoms with Gasteiger partial charge >= 0.3 is 0 Å². The van der Waals surface area contributed by atoms with Crippen LogP contribution in [0.2, 0.25) is 0 Å². The van der Waals surface area contributed by atoms with E-state index in [1.807, 2.05) is 26.0 Å². The summed E-state index contributed by atoms with van der Waals surface area (Å²) in [5, 5.41) is 5.16. The Morgan fingerprint density at radius 3 is 2.03 bits per heavy atom. The number of carbonyl (C=O) groups is 2. The number of benzene rings is 3. The molecule has 0 aromatic heterocycles. The summed E-state index contributed by atoms with van der Waals surface area (Å²) in [4.78, 5) is 27.5. The normalized spacial score (nSPS) is 16.6. The van der Waals surface area contributed by atoms with Crippen molar-refractivity contribution in [2.75, 3.05) is 11.4 Å². The molecular formula is C27H29N3O6S2. The Kier molecular flexibility index (Phi) is 7.84. The van der Waals surface area contributed by atoms with E-state index in [0.717, 1.165) is 14.8 Å². The van der Waals surface area contributed by atoms with Gasteiger partial charge in [-0.2, -0.15) is 4.31 Å². The molecule has 38 heavy (non-hydrogen) atoms. The number of carbonyl (C=O) groups excluding carboxylic acids is 2. The molecule has 1 saturated heterocycles. The first-order valence-electron chi connectivity index (χ1n) is 12.0. The number of sulfonamides is 2. The Hall–Kier alpha value is -3.38. The van der Waals surface area contributed by atoms with Crippen molar-refractivity contribution in [1.29, 1.82) is 0 Å². The highest BCUT2D eigenvalue weighted by atomic mass is 32.2. The Morgan fingerprint density at radius 2 is 1.47 bits per heavy atom.